The number of carbonyl (C=O) groups is 1. The number of aliphatic hydroxyl groups is 3. The van der Waals surface area contributed by atoms with Gasteiger partial charge in [-0.3, -0.25) is 22.9 Å². The maximum absolute atomic E-state index is 12.8. The summed E-state index contributed by atoms with van der Waals surface area (Å²) in [5, 5.41) is 31.3. The molecule has 0 saturated carbocycles. The van der Waals surface area contributed by atoms with Crippen LogP contribution < -0.4 is 11.5 Å². The van der Waals surface area contributed by atoms with E-state index >= 15 is 0 Å². The number of rotatable bonds is 13. The second-order valence-electron chi connectivity index (χ2n) is 10.4. The average molecular weight is 745 g/mol. The second kappa shape index (κ2) is 13.9. The number of aromatic nitrogens is 4. The Morgan fingerprint density at radius 1 is 0.979 bits per heavy atom. The van der Waals surface area contributed by atoms with Crippen LogP contribution in [0.1, 0.15) is 12.6 Å². The van der Waals surface area contributed by atoms with Gasteiger partial charge in [0, 0.05) is 18.0 Å². The summed E-state index contributed by atoms with van der Waals surface area (Å²) in [4.78, 5) is 63.8. The van der Waals surface area contributed by atoms with Gasteiger partial charge in [0.05, 0.1) is 19.5 Å². The molecule has 5 heterocycles. The van der Waals surface area contributed by atoms with E-state index in [1.807, 2.05) is 0 Å². The van der Waals surface area contributed by atoms with Gasteiger partial charge in [0.15, 0.2) is 23.9 Å². The van der Waals surface area contributed by atoms with Crippen molar-refractivity contribution >= 4 is 46.4 Å². The first-order valence-electron chi connectivity index (χ1n) is 13.5. The lowest BCUT2D eigenvalue weighted by Gasteiger charge is -2.29. The molecular weight excluding hydrogens is 715 g/mol. The number of primary amides is 1. The number of hydrogen-bond acceptors (Lipinski definition) is 18. The van der Waals surface area contributed by atoms with Gasteiger partial charge < -0.3 is 60.7 Å². The van der Waals surface area contributed by atoms with E-state index in [-0.39, 0.29) is 29.0 Å². The molecule has 3 aliphatic heterocycles. The van der Waals surface area contributed by atoms with Crippen molar-refractivity contribution in [1.82, 2.24) is 24.4 Å². The largest absolute Gasteiger partial charge is 0.481 e. The zero-order valence-corrected chi connectivity index (χ0v) is 26.8. The number of nitrogen functional groups attached to an aromatic ring is 1. The molecule has 0 bridgehead atoms. The molecule has 0 aromatic carbocycles. The van der Waals surface area contributed by atoms with Gasteiger partial charge in [0.25, 0.3) is 0 Å². The summed E-state index contributed by atoms with van der Waals surface area (Å²) >= 11 is 0. The van der Waals surface area contributed by atoms with Crippen molar-refractivity contribution in [2.24, 2.45) is 5.73 Å². The molecular formula is C21H30N7O17P3. The number of phosphoric acid groups is 3. The van der Waals surface area contributed by atoms with E-state index in [0.717, 1.165) is 17.2 Å². The van der Waals surface area contributed by atoms with Crippen molar-refractivity contribution < 1.29 is 80.7 Å². The first-order chi connectivity index (χ1) is 22.4. The lowest BCUT2D eigenvalue weighted by atomic mass is 10.1. The molecule has 2 fully saturated rings. The predicted octanol–water partition coefficient (Wildman–Crippen LogP) is -2.57. The number of imidazole rings is 1. The Kier molecular flexibility index (Phi) is 10.6. The van der Waals surface area contributed by atoms with E-state index in [4.69, 9.17) is 34.5 Å². The Hall–Kier alpha value is -2.73. The molecule has 0 spiro atoms. The number of ether oxygens (including phenoxy) is 2. The van der Waals surface area contributed by atoms with E-state index in [1.54, 1.807) is 0 Å². The van der Waals surface area contributed by atoms with Gasteiger partial charge in [-0.1, -0.05) is 6.08 Å². The minimum absolute atomic E-state index is 0.00254. The van der Waals surface area contributed by atoms with E-state index in [1.165, 1.54) is 23.4 Å². The van der Waals surface area contributed by atoms with Crippen LogP contribution in [0.25, 0.3) is 11.2 Å². The number of amides is 1. The Morgan fingerprint density at radius 3 is 2.35 bits per heavy atom. The molecule has 266 valence electrons. The van der Waals surface area contributed by atoms with E-state index in [2.05, 4.69) is 19.3 Å². The second-order valence-corrected chi connectivity index (χ2v) is 14.6. The molecule has 48 heavy (non-hydrogen) atoms. The summed E-state index contributed by atoms with van der Waals surface area (Å²) < 4.78 is 67.9. The normalized spacial score (nSPS) is 31.9. The number of aliphatic hydroxyl groups excluding tert-OH is 3. The van der Waals surface area contributed by atoms with Crippen LogP contribution in [0.2, 0.25) is 0 Å². The van der Waals surface area contributed by atoms with Crippen LogP contribution in [-0.2, 0) is 45.8 Å². The van der Waals surface area contributed by atoms with Crippen molar-refractivity contribution in [2.75, 3.05) is 18.9 Å². The molecule has 11 N–H and O–H groups in total. The third-order valence-corrected chi connectivity index (χ3v) is 10.3. The van der Waals surface area contributed by atoms with Crippen LogP contribution in [-0.4, -0.2) is 121 Å². The standard InChI is InChI=1S/C21H30N7O17P3/c22-17-12-19(25-7-24-17)28(8-26-12)21-16(43-46(33,34)35)13(30)11(42-21)6-40-47(36,37)45-48(38,39)44-15-10(5-29)41-20(14(15)31)27-3-1-2-9(4-27)18(23)32/h1,3-4,7-8,10-11,13-16,20-21,29-31H,2,5-6H2,(H2,23,32)(H,36,37)(H,38,39)(H2,22,24,25)(H2,33,34,35)/t10-,11-,13-,14-,15-,16-,20+,21-/m1/s1. The van der Waals surface area contributed by atoms with Gasteiger partial charge >= 0.3 is 23.5 Å². The van der Waals surface area contributed by atoms with Gasteiger partial charge in [0.2, 0.25) is 5.91 Å². The number of phosphoric ester groups is 3. The van der Waals surface area contributed by atoms with Crippen molar-refractivity contribution in [1.29, 1.82) is 0 Å². The molecule has 2 aromatic heterocycles. The molecule has 0 aliphatic carbocycles. The van der Waals surface area contributed by atoms with Crippen LogP contribution >= 0.6 is 23.5 Å². The zero-order chi connectivity index (χ0) is 35.2. The van der Waals surface area contributed by atoms with Crippen molar-refractivity contribution in [2.45, 2.75) is 55.5 Å². The molecule has 10 atom stereocenters. The first kappa shape index (κ1) is 36.5. The Morgan fingerprint density at radius 2 is 1.69 bits per heavy atom. The van der Waals surface area contributed by atoms with Crippen molar-refractivity contribution in [3.8, 4) is 0 Å². The summed E-state index contributed by atoms with van der Waals surface area (Å²) in [6, 6.07) is 0. The Balaban J connectivity index is 1.26. The van der Waals surface area contributed by atoms with E-state index in [0.29, 0.717) is 0 Å². The third-order valence-electron chi connectivity index (χ3n) is 7.12. The number of nitrogens with zero attached hydrogens (tertiary/aromatic N) is 5. The van der Waals surface area contributed by atoms with Crippen LogP contribution in [0.3, 0.4) is 0 Å². The van der Waals surface area contributed by atoms with E-state index < -0.39 is 91.7 Å². The fourth-order valence-electron chi connectivity index (χ4n) is 5.05. The highest BCUT2D eigenvalue weighted by Gasteiger charge is 2.52. The third kappa shape index (κ3) is 8.01. The highest BCUT2D eigenvalue weighted by Crippen LogP contribution is 2.62. The Labute approximate surface area is 268 Å². The number of fused-ring (bicyclic) bond motifs is 1. The van der Waals surface area contributed by atoms with Crippen LogP contribution in [0.15, 0.2) is 36.7 Å². The summed E-state index contributed by atoms with van der Waals surface area (Å²) in [6.45, 7) is -1.96. The SMILES string of the molecule is NC(=O)C1=CN([C@H]2O[C@H](CO)[C@@H](OP(=O)(O)OP(=O)(O)OC[C@H]3O[C@@H](n4cnc5c(N)ncnc54)[C@H](OP(=O)(O)O)[C@@H]3O)[C@H]2O)C=CC1. The minimum atomic E-state index is -5.63. The van der Waals surface area contributed by atoms with Gasteiger partial charge in [-0.25, -0.2) is 28.6 Å². The molecule has 5 rings (SSSR count). The van der Waals surface area contributed by atoms with Crippen molar-refractivity contribution in [3.05, 3.63) is 36.7 Å². The number of carbonyl (C=O) groups excluding carboxylic acids is 1. The molecule has 2 unspecified atom stereocenters. The summed E-state index contributed by atoms with van der Waals surface area (Å²) in [5.41, 5.74) is 11.2. The highest BCUT2D eigenvalue weighted by atomic mass is 31.3. The topological polar surface area (TPSA) is 364 Å². The highest BCUT2D eigenvalue weighted by molar-refractivity contribution is 7.61. The van der Waals surface area contributed by atoms with Gasteiger partial charge in [0.1, 0.15) is 48.5 Å². The molecule has 0 radical (unpaired) electrons. The maximum atomic E-state index is 12.8. The molecule has 2 saturated heterocycles. The Bertz CT molecular complexity index is 1740. The van der Waals surface area contributed by atoms with E-state index in [9.17, 15) is 53.4 Å². The maximum Gasteiger partial charge on any atom is 0.481 e. The van der Waals surface area contributed by atoms with Gasteiger partial charge in [-0.2, -0.15) is 4.31 Å². The lowest BCUT2D eigenvalue weighted by molar-refractivity contribution is -0.115. The van der Waals surface area contributed by atoms with Crippen molar-refractivity contribution in [3.63, 3.8) is 0 Å². The summed E-state index contributed by atoms with van der Waals surface area (Å²) in [7, 11) is -16.5. The monoisotopic (exact) mass is 745 g/mol. The first-order valence-corrected chi connectivity index (χ1v) is 18.0. The summed E-state index contributed by atoms with van der Waals surface area (Å²) in [5.74, 6) is -0.824. The number of allylic oxidation sites excluding steroid dienone is 1. The molecule has 24 nitrogen and oxygen atoms in total. The number of hydrogen-bond donors (Lipinski definition) is 9. The summed E-state index contributed by atoms with van der Waals surface area (Å²) in [6.07, 6.45) is -7.09. The zero-order valence-electron chi connectivity index (χ0n) is 24.1. The quantitative estimate of drug-likeness (QED) is 0.0951. The van der Waals surface area contributed by atoms with Crippen LogP contribution in [0, 0.1) is 0 Å². The number of nitrogens with two attached hydrogens (primary N) is 2. The lowest BCUT2D eigenvalue weighted by Crippen LogP contribution is -2.41. The predicted molar refractivity (Wildman–Crippen MR) is 153 cm³/mol. The molecule has 2 aromatic rings. The van der Waals surface area contributed by atoms with Gasteiger partial charge in [-0.15, -0.1) is 0 Å². The minimum Gasteiger partial charge on any atom is -0.394 e. The van der Waals surface area contributed by atoms with Crippen LogP contribution in [0.5, 0.6) is 0 Å². The average Bonchev–Trinajstić information content (AvgIpc) is 3.65. The molecule has 27 heteroatoms. The van der Waals surface area contributed by atoms with Crippen LogP contribution in [0.4, 0.5) is 5.82 Å². The smallest absolute Gasteiger partial charge is 0.394 e. The fraction of sp³-hybridized carbons (Fsp3) is 0.524. The van der Waals surface area contributed by atoms with Gasteiger partial charge in [-0.05, 0) is 6.42 Å². The fourth-order valence-corrected chi connectivity index (χ4v) is 7.88. The molecule has 3 aliphatic rings. The molecule has 1 amide bonds. The number of anilines is 1.